The van der Waals surface area contributed by atoms with Gasteiger partial charge in [0.1, 0.15) is 5.92 Å². The van der Waals surface area contributed by atoms with Gasteiger partial charge in [0, 0.05) is 23.5 Å². The molecule has 5 nitrogen and oxygen atoms in total. The van der Waals surface area contributed by atoms with Crippen LogP contribution in [0.2, 0.25) is 10.0 Å². The summed E-state index contributed by atoms with van der Waals surface area (Å²) >= 11 is 12.5. The summed E-state index contributed by atoms with van der Waals surface area (Å²) < 4.78 is 1.81. The van der Waals surface area contributed by atoms with Gasteiger partial charge in [0.05, 0.1) is 22.3 Å². The van der Waals surface area contributed by atoms with Crippen LogP contribution in [0.15, 0.2) is 59.7 Å². The van der Waals surface area contributed by atoms with E-state index in [1.165, 1.54) is 5.56 Å². The van der Waals surface area contributed by atoms with Crippen LogP contribution in [0.1, 0.15) is 31.0 Å². The van der Waals surface area contributed by atoms with E-state index in [1.54, 1.807) is 12.3 Å². The number of anilines is 1. The summed E-state index contributed by atoms with van der Waals surface area (Å²) in [6, 6.07) is 15.2. The third-order valence-corrected chi connectivity index (χ3v) is 6.70. The summed E-state index contributed by atoms with van der Waals surface area (Å²) in [6.45, 7) is 4.00. The predicted octanol–water partition coefficient (Wildman–Crippen LogP) is 5.48. The molecule has 7 heteroatoms. The second-order valence-corrected chi connectivity index (χ2v) is 8.69. The zero-order valence-electron chi connectivity index (χ0n) is 16.6. The van der Waals surface area contributed by atoms with Crippen molar-refractivity contribution in [3.8, 4) is 0 Å². The standard InChI is InChI=1S/C23H20Cl2N4O/c1-13-11-15-5-3-4-6-19(15)28(13)23(30)21-14(2)27-20-9-10-26-29(20)22(21)16-7-8-17(24)18(25)12-16/h3-10,12-13,21-22H,11H2,1-2H3. The maximum absolute atomic E-state index is 14.0. The average Bonchev–Trinajstić information content (AvgIpc) is 3.31. The minimum absolute atomic E-state index is 0.0194. The normalized spacial score (nSPS) is 22.5. The fourth-order valence-corrected chi connectivity index (χ4v) is 4.93. The number of halogens is 2. The Morgan fingerprint density at radius 2 is 1.90 bits per heavy atom. The molecule has 3 aromatic rings. The molecule has 1 aromatic heterocycles. The van der Waals surface area contributed by atoms with Crippen molar-refractivity contribution in [1.82, 2.24) is 9.78 Å². The molecule has 3 unspecified atom stereocenters. The lowest BCUT2D eigenvalue weighted by Crippen LogP contribution is -2.46. The average molecular weight is 439 g/mol. The zero-order valence-corrected chi connectivity index (χ0v) is 18.1. The van der Waals surface area contributed by atoms with Crippen molar-refractivity contribution in [3.63, 3.8) is 0 Å². The number of benzene rings is 2. The van der Waals surface area contributed by atoms with Gasteiger partial charge >= 0.3 is 0 Å². The third kappa shape index (κ3) is 2.96. The molecule has 1 amide bonds. The molecule has 0 fully saturated rings. The van der Waals surface area contributed by atoms with Crippen molar-refractivity contribution >= 4 is 46.3 Å². The van der Waals surface area contributed by atoms with Gasteiger partial charge in [0.15, 0.2) is 5.82 Å². The number of carbonyl (C=O) groups excluding carboxylic acids is 1. The van der Waals surface area contributed by atoms with Gasteiger partial charge in [-0.25, -0.2) is 9.67 Å². The number of rotatable bonds is 2. The summed E-state index contributed by atoms with van der Waals surface area (Å²) in [5.74, 6) is 0.247. The molecule has 0 aliphatic carbocycles. The highest BCUT2D eigenvalue weighted by Gasteiger charge is 2.43. The molecule has 2 aromatic carbocycles. The predicted molar refractivity (Wildman–Crippen MR) is 120 cm³/mol. The number of amides is 1. The second-order valence-electron chi connectivity index (χ2n) is 7.87. The molecule has 0 saturated heterocycles. The van der Waals surface area contributed by atoms with Crippen molar-refractivity contribution in [2.24, 2.45) is 10.9 Å². The van der Waals surface area contributed by atoms with Gasteiger partial charge in [0.2, 0.25) is 5.91 Å². The topological polar surface area (TPSA) is 50.5 Å². The molecule has 0 saturated carbocycles. The summed E-state index contributed by atoms with van der Waals surface area (Å²) in [5.41, 5.74) is 3.80. The largest absolute Gasteiger partial charge is 0.308 e. The fourth-order valence-electron chi connectivity index (χ4n) is 4.63. The quantitative estimate of drug-likeness (QED) is 0.531. The van der Waals surface area contributed by atoms with E-state index in [9.17, 15) is 4.79 Å². The van der Waals surface area contributed by atoms with Crippen LogP contribution in [0.5, 0.6) is 0 Å². The first kappa shape index (κ1) is 19.3. The van der Waals surface area contributed by atoms with Crippen molar-refractivity contribution in [2.45, 2.75) is 32.4 Å². The lowest BCUT2D eigenvalue weighted by atomic mass is 9.86. The molecule has 0 spiro atoms. The van der Waals surface area contributed by atoms with Gasteiger partial charge in [-0.3, -0.25) is 4.79 Å². The molecule has 3 atom stereocenters. The van der Waals surface area contributed by atoms with Gasteiger partial charge in [-0.15, -0.1) is 0 Å². The Morgan fingerprint density at radius 3 is 2.70 bits per heavy atom. The van der Waals surface area contributed by atoms with Crippen molar-refractivity contribution in [1.29, 1.82) is 0 Å². The fraction of sp³-hybridized carbons (Fsp3) is 0.261. The van der Waals surface area contributed by atoms with Gasteiger partial charge < -0.3 is 4.90 Å². The van der Waals surface area contributed by atoms with Crippen LogP contribution in [0, 0.1) is 5.92 Å². The highest BCUT2D eigenvalue weighted by molar-refractivity contribution is 6.42. The van der Waals surface area contributed by atoms with Gasteiger partial charge in [0.25, 0.3) is 0 Å². The molecule has 0 bridgehead atoms. The van der Waals surface area contributed by atoms with Gasteiger partial charge in [-0.05, 0) is 49.6 Å². The molecular formula is C23H20Cl2N4O. The second kappa shape index (κ2) is 7.25. The number of carbonyl (C=O) groups is 1. The molecule has 5 rings (SSSR count). The van der Waals surface area contributed by atoms with Gasteiger partial charge in [-0.1, -0.05) is 47.5 Å². The number of aromatic nitrogens is 2. The molecule has 152 valence electrons. The Labute approximate surface area is 184 Å². The summed E-state index contributed by atoms with van der Waals surface area (Å²) in [5, 5.41) is 5.42. The number of hydrogen-bond acceptors (Lipinski definition) is 3. The van der Waals surface area contributed by atoms with Crippen molar-refractivity contribution in [2.75, 3.05) is 4.90 Å². The van der Waals surface area contributed by atoms with E-state index in [0.717, 1.165) is 29.2 Å². The SMILES string of the molecule is CC1=Nc2ccnn2C(c2ccc(Cl)c(Cl)c2)C1C(=O)N1c2ccccc2CC1C. The van der Waals surface area contributed by atoms with Crippen LogP contribution in [0.25, 0.3) is 0 Å². The van der Waals surface area contributed by atoms with Crippen LogP contribution in [-0.2, 0) is 11.2 Å². The van der Waals surface area contributed by atoms with Crippen molar-refractivity contribution < 1.29 is 4.79 Å². The molecule has 2 aliphatic rings. The smallest absolute Gasteiger partial charge is 0.238 e. The van der Waals surface area contributed by atoms with Crippen LogP contribution < -0.4 is 4.90 Å². The van der Waals surface area contributed by atoms with Crippen LogP contribution >= 0.6 is 23.2 Å². The highest BCUT2D eigenvalue weighted by Crippen LogP contribution is 2.41. The lowest BCUT2D eigenvalue weighted by molar-refractivity contribution is -0.121. The minimum Gasteiger partial charge on any atom is -0.308 e. The third-order valence-electron chi connectivity index (χ3n) is 5.97. The summed E-state index contributed by atoms with van der Waals surface area (Å²) in [6.07, 6.45) is 2.55. The molecule has 30 heavy (non-hydrogen) atoms. The monoisotopic (exact) mass is 438 g/mol. The Balaban J connectivity index is 1.63. The number of nitrogens with zero attached hydrogens (tertiary/aromatic N) is 4. The molecule has 2 aliphatic heterocycles. The molecule has 3 heterocycles. The van der Waals surface area contributed by atoms with Crippen molar-refractivity contribution in [3.05, 3.63) is 75.9 Å². The van der Waals surface area contributed by atoms with E-state index in [2.05, 4.69) is 23.1 Å². The Kier molecular flexibility index (Phi) is 4.68. The van der Waals surface area contributed by atoms with Gasteiger partial charge in [-0.2, -0.15) is 5.10 Å². The van der Waals surface area contributed by atoms with E-state index in [-0.39, 0.29) is 18.0 Å². The van der Waals surface area contributed by atoms with Crippen LogP contribution in [-0.4, -0.2) is 27.4 Å². The number of aliphatic imine (C=N–C) groups is 1. The highest BCUT2D eigenvalue weighted by atomic mass is 35.5. The molecular weight excluding hydrogens is 419 g/mol. The van der Waals surface area contributed by atoms with E-state index < -0.39 is 5.92 Å². The first-order valence-electron chi connectivity index (χ1n) is 9.90. The Bertz CT molecular complexity index is 1190. The Hall–Kier alpha value is -2.63. The molecule has 0 radical (unpaired) electrons. The van der Waals surface area contributed by atoms with Crippen LogP contribution in [0.4, 0.5) is 11.5 Å². The number of para-hydroxylation sites is 1. The number of fused-ring (bicyclic) bond motifs is 2. The summed E-state index contributed by atoms with van der Waals surface area (Å²) in [4.78, 5) is 20.6. The summed E-state index contributed by atoms with van der Waals surface area (Å²) in [7, 11) is 0. The first-order valence-corrected chi connectivity index (χ1v) is 10.7. The zero-order chi connectivity index (χ0) is 21.0. The van der Waals surface area contributed by atoms with E-state index in [1.807, 2.05) is 52.9 Å². The molecule has 0 N–H and O–H groups in total. The van der Waals surface area contributed by atoms with Crippen LogP contribution in [0.3, 0.4) is 0 Å². The maximum atomic E-state index is 14.0. The maximum Gasteiger partial charge on any atom is 0.238 e. The number of hydrogen-bond donors (Lipinski definition) is 0. The first-order chi connectivity index (χ1) is 14.5. The van der Waals surface area contributed by atoms with E-state index in [4.69, 9.17) is 23.2 Å². The van der Waals surface area contributed by atoms with E-state index >= 15 is 0 Å². The lowest BCUT2D eigenvalue weighted by Gasteiger charge is -2.35. The Morgan fingerprint density at radius 1 is 1.10 bits per heavy atom. The minimum atomic E-state index is -0.497. The van der Waals surface area contributed by atoms with E-state index in [0.29, 0.717) is 10.0 Å².